The molecule has 7 heteroatoms. The van der Waals surface area contributed by atoms with E-state index in [1.165, 1.54) is 31.4 Å². The van der Waals surface area contributed by atoms with Gasteiger partial charge in [-0.2, -0.15) is 4.98 Å². The van der Waals surface area contributed by atoms with Gasteiger partial charge in [0.05, 0.1) is 0 Å². The number of aromatic nitrogens is 2. The second-order valence-electron chi connectivity index (χ2n) is 6.28. The highest BCUT2D eigenvalue weighted by molar-refractivity contribution is 7.80. The van der Waals surface area contributed by atoms with E-state index >= 15 is 0 Å². The fraction of sp³-hybridized carbons (Fsp3) is 0.389. The lowest BCUT2D eigenvalue weighted by atomic mass is 9.96. The number of hydrogen-bond donors (Lipinski definition) is 3. The van der Waals surface area contributed by atoms with E-state index in [1.807, 2.05) is 13.0 Å². The number of anilines is 3. The van der Waals surface area contributed by atoms with Gasteiger partial charge >= 0.3 is 0 Å². The lowest BCUT2D eigenvalue weighted by molar-refractivity contribution is 0.414. The Morgan fingerprint density at radius 3 is 2.56 bits per heavy atom. The van der Waals surface area contributed by atoms with Crippen molar-refractivity contribution in [2.75, 3.05) is 10.6 Å². The van der Waals surface area contributed by atoms with Gasteiger partial charge in [-0.15, -0.1) is 0 Å². The van der Waals surface area contributed by atoms with Crippen molar-refractivity contribution in [2.24, 2.45) is 0 Å². The molecule has 0 aliphatic heterocycles. The van der Waals surface area contributed by atoms with Gasteiger partial charge in [-0.3, -0.25) is 0 Å². The summed E-state index contributed by atoms with van der Waals surface area (Å²) in [6.45, 7) is 1.89. The number of rotatable bonds is 4. The smallest absolute Gasteiger partial charge is 0.231 e. The Morgan fingerprint density at radius 2 is 1.84 bits per heavy atom. The highest BCUT2D eigenvalue weighted by Crippen LogP contribution is 2.19. The summed E-state index contributed by atoms with van der Waals surface area (Å²) in [5.74, 6) is 0.797. The van der Waals surface area contributed by atoms with Crippen LogP contribution >= 0.6 is 12.2 Å². The SMILES string of the molecule is Cc1cc(Nc2ccc(F)cc2)nc(NC(=S)NC2CCCCC2)n1. The standard InChI is InChI=1S/C18H22FN5S/c1-12-11-16(21-15-9-7-13(19)8-10-15)23-17(20-12)24-18(25)22-14-5-3-2-4-6-14/h7-11,14H,2-6H2,1H3,(H3,20,21,22,23,24,25). The van der Waals surface area contributed by atoms with E-state index in [9.17, 15) is 4.39 Å². The Morgan fingerprint density at radius 1 is 1.12 bits per heavy atom. The summed E-state index contributed by atoms with van der Waals surface area (Å²) in [6, 6.07) is 8.38. The van der Waals surface area contributed by atoms with Crippen molar-refractivity contribution in [1.82, 2.24) is 15.3 Å². The van der Waals surface area contributed by atoms with Crippen LogP contribution in [0.2, 0.25) is 0 Å². The molecule has 5 nitrogen and oxygen atoms in total. The van der Waals surface area contributed by atoms with Crippen LogP contribution in [-0.2, 0) is 0 Å². The third kappa shape index (κ3) is 5.35. The van der Waals surface area contributed by atoms with Crippen molar-refractivity contribution < 1.29 is 4.39 Å². The third-order valence-electron chi connectivity index (χ3n) is 4.14. The minimum Gasteiger partial charge on any atom is -0.360 e. The zero-order valence-corrected chi connectivity index (χ0v) is 15.0. The fourth-order valence-electron chi connectivity index (χ4n) is 2.94. The quantitative estimate of drug-likeness (QED) is 0.708. The van der Waals surface area contributed by atoms with E-state index in [4.69, 9.17) is 12.2 Å². The summed E-state index contributed by atoms with van der Waals surface area (Å²) >= 11 is 5.38. The molecule has 0 atom stereocenters. The van der Waals surface area contributed by atoms with Crippen molar-refractivity contribution in [3.05, 3.63) is 41.8 Å². The normalized spacial score (nSPS) is 14.8. The number of hydrogen-bond acceptors (Lipinski definition) is 4. The van der Waals surface area contributed by atoms with E-state index in [2.05, 4.69) is 25.9 Å². The summed E-state index contributed by atoms with van der Waals surface area (Å²) in [5.41, 5.74) is 1.57. The Kier molecular flexibility index (Phi) is 5.75. The van der Waals surface area contributed by atoms with E-state index in [1.54, 1.807) is 12.1 Å². The first-order valence-corrected chi connectivity index (χ1v) is 8.95. The van der Waals surface area contributed by atoms with Gasteiger partial charge in [-0.1, -0.05) is 19.3 Å². The van der Waals surface area contributed by atoms with Crippen LogP contribution in [0.1, 0.15) is 37.8 Å². The number of aryl methyl sites for hydroxylation is 1. The van der Waals surface area contributed by atoms with Gasteiger partial charge in [-0.25, -0.2) is 9.37 Å². The average molecular weight is 359 g/mol. The second-order valence-corrected chi connectivity index (χ2v) is 6.69. The largest absolute Gasteiger partial charge is 0.360 e. The van der Waals surface area contributed by atoms with Crippen LogP contribution in [0.5, 0.6) is 0 Å². The maximum absolute atomic E-state index is 13.0. The maximum Gasteiger partial charge on any atom is 0.231 e. The molecule has 132 valence electrons. The predicted octanol–water partition coefficient (Wildman–Crippen LogP) is 4.29. The predicted molar refractivity (Wildman–Crippen MR) is 103 cm³/mol. The molecule has 2 aromatic rings. The summed E-state index contributed by atoms with van der Waals surface area (Å²) in [5, 5.41) is 10.1. The van der Waals surface area contributed by atoms with Crippen molar-refractivity contribution in [3.8, 4) is 0 Å². The Hall–Kier alpha value is -2.28. The van der Waals surface area contributed by atoms with Crippen molar-refractivity contribution in [2.45, 2.75) is 45.1 Å². The Bertz CT molecular complexity index is 729. The topological polar surface area (TPSA) is 61.9 Å². The van der Waals surface area contributed by atoms with Crippen molar-refractivity contribution in [1.29, 1.82) is 0 Å². The van der Waals surface area contributed by atoms with Gasteiger partial charge in [0.25, 0.3) is 0 Å². The summed E-state index contributed by atoms with van der Waals surface area (Å²) in [6.07, 6.45) is 6.08. The summed E-state index contributed by atoms with van der Waals surface area (Å²) in [7, 11) is 0. The molecule has 3 rings (SSSR count). The monoisotopic (exact) mass is 359 g/mol. The molecule has 0 radical (unpaired) electrons. The van der Waals surface area contributed by atoms with Crippen LogP contribution in [0, 0.1) is 12.7 Å². The van der Waals surface area contributed by atoms with Gasteiger partial charge in [0.1, 0.15) is 11.6 Å². The number of benzene rings is 1. The summed E-state index contributed by atoms with van der Waals surface area (Å²) in [4.78, 5) is 8.80. The number of halogens is 1. The van der Waals surface area contributed by atoms with E-state index < -0.39 is 0 Å². The molecule has 1 aromatic heterocycles. The van der Waals surface area contributed by atoms with Crippen molar-refractivity contribution >= 4 is 34.8 Å². The molecule has 0 amide bonds. The molecule has 0 spiro atoms. The molecule has 25 heavy (non-hydrogen) atoms. The number of nitrogens with zero attached hydrogens (tertiary/aromatic N) is 2. The second kappa shape index (κ2) is 8.20. The first-order valence-electron chi connectivity index (χ1n) is 8.54. The molecule has 1 aromatic carbocycles. The van der Waals surface area contributed by atoms with Gasteiger partial charge in [0.2, 0.25) is 5.95 Å². The molecule has 1 heterocycles. The minimum atomic E-state index is -0.272. The average Bonchev–Trinajstić information content (AvgIpc) is 2.57. The molecular weight excluding hydrogens is 337 g/mol. The van der Waals surface area contributed by atoms with Gasteiger partial charge in [0, 0.05) is 23.5 Å². The molecule has 1 saturated carbocycles. The van der Waals surface area contributed by atoms with Gasteiger partial charge < -0.3 is 16.0 Å². The maximum atomic E-state index is 13.0. The lowest BCUT2D eigenvalue weighted by Crippen LogP contribution is -2.39. The van der Waals surface area contributed by atoms with Crippen LogP contribution in [0.3, 0.4) is 0 Å². The first kappa shape index (κ1) is 17.5. The zero-order chi connectivity index (χ0) is 17.6. The van der Waals surface area contributed by atoms with E-state index in [0.29, 0.717) is 22.9 Å². The molecular formula is C18H22FN5S. The molecule has 0 bridgehead atoms. The Balaban J connectivity index is 1.64. The molecule has 1 fully saturated rings. The lowest BCUT2D eigenvalue weighted by Gasteiger charge is -2.24. The minimum absolute atomic E-state index is 0.272. The zero-order valence-electron chi connectivity index (χ0n) is 14.2. The molecule has 1 aliphatic rings. The number of nitrogens with one attached hydrogen (secondary N) is 3. The number of thiocarbonyl (C=S) groups is 1. The third-order valence-corrected chi connectivity index (χ3v) is 4.36. The highest BCUT2D eigenvalue weighted by Gasteiger charge is 2.14. The Labute approximate surface area is 152 Å². The summed E-state index contributed by atoms with van der Waals surface area (Å²) < 4.78 is 13.0. The van der Waals surface area contributed by atoms with Gasteiger partial charge in [-0.05, 0) is 56.2 Å². The van der Waals surface area contributed by atoms with Gasteiger partial charge in [0.15, 0.2) is 5.11 Å². The van der Waals surface area contributed by atoms with Crippen molar-refractivity contribution in [3.63, 3.8) is 0 Å². The van der Waals surface area contributed by atoms with Crippen LogP contribution in [-0.4, -0.2) is 21.1 Å². The van der Waals surface area contributed by atoms with Crippen LogP contribution in [0.15, 0.2) is 30.3 Å². The van der Waals surface area contributed by atoms with E-state index in [0.717, 1.165) is 24.2 Å². The highest BCUT2D eigenvalue weighted by atomic mass is 32.1. The van der Waals surface area contributed by atoms with E-state index in [-0.39, 0.29) is 5.82 Å². The van der Waals surface area contributed by atoms with Crippen LogP contribution in [0.25, 0.3) is 0 Å². The van der Waals surface area contributed by atoms with Crippen LogP contribution in [0.4, 0.5) is 21.8 Å². The van der Waals surface area contributed by atoms with Crippen LogP contribution < -0.4 is 16.0 Å². The molecule has 1 aliphatic carbocycles. The molecule has 0 unspecified atom stereocenters. The molecule has 0 saturated heterocycles. The first-order chi connectivity index (χ1) is 12.1. The fourth-order valence-corrected chi connectivity index (χ4v) is 3.20. The molecule has 3 N–H and O–H groups in total.